The van der Waals surface area contributed by atoms with Gasteiger partial charge in [-0.2, -0.15) is 10.1 Å². The lowest BCUT2D eigenvalue weighted by atomic mass is 9.83. The topological polar surface area (TPSA) is 89.4 Å². The van der Waals surface area contributed by atoms with Gasteiger partial charge in [0.05, 0.1) is 25.0 Å². The molecule has 1 aliphatic heterocycles. The second-order valence-electron chi connectivity index (χ2n) is 8.45. The molecule has 0 amide bonds. The first-order chi connectivity index (χ1) is 14.4. The first-order valence-corrected chi connectivity index (χ1v) is 12.5. The molecule has 2 heterocycles. The van der Waals surface area contributed by atoms with Gasteiger partial charge in [0, 0.05) is 19.6 Å². The van der Waals surface area contributed by atoms with Gasteiger partial charge in [-0.15, -0.1) is 0 Å². The fourth-order valence-corrected chi connectivity index (χ4v) is 5.62. The molecule has 30 heavy (non-hydrogen) atoms. The Morgan fingerprint density at radius 3 is 2.50 bits per heavy atom. The number of aromatic nitrogens is 3. The Bertz CT molecular complexity index is 925. The van der Waals surface area contributed by atoms with Gasteiger partial charge in [-0.3, -0.25) is 0 Å². The van der Waals surface area contributed by atoms with E-state index in [0.29, 0.717) is 25.5 Å². The summed E-state index contributed by atoms with van der Waals surface area (Å²) >= 11 is 0. The van der Waals surface area contributed by atoms with Crippen LogP contribution in [-0.4, -0.2) is 60.8 Å². The third-order valence-corrected chi connectivity index (χ3v) is 7.03. The third kappa shape index (κ3) is 5.01. The van der Waals surface area contributed by atoms with Crippen molar-refractivity contribution >= 4 is 16.0 Å². The molecule has 0 bridgehead atoms. The molecule has 1 saturated carbocycles. The highest BCUT2D eigenvalue weighted by Gasteiger charge is 2.38. The van der Waals surface area contributed by atoms with Crippen LogP contribution >= 0.6 is 0 Å². The zero-order valence-corrected chi connectivity index (χ0v) is 18.5. The number of ether oxygens (including phenoxy) is 1. The zero-order chi connectivity index (χ0) is 21.1. The highest BCUT2D eigenvalue weighted by Crippen LogP contribution is 2.34. The van der Waals surface area contributed by atoms with Crippen LogP contribution in [0.4, 0.5) is 5.95 Å². The van der Waals surface area contributed by atoms with Crippen molar-refractivity contribution in [2.24, 2.45) is 7.05 Å². The molecule has 2 atom stereocenters. The summed E-state index contributed by atoms with van der Waals surface area (Å²) in [6.07, 6.45) is 7.96. The Labute approximate surface area is 178 Å². The quantitative estimate of drug-likeness (QED) is 0.719. The highest BCUT2D eigenvalue weighted by atomic mass is 32.2. The number of anilines is 1. The number of nitrogens with one attached hydrogen (secondary N) is 1. The first-order valence-electron chi connectivity index (χ1n) is 10.6. The van der Waals surface area contributed by atoms with Gasteiger partial charge in [0.2, 0.25) is 16.0 Å². The van der Waals surface area contributed by atoms with Crippen molar-refractivity contribution in [3.05, 3.63) is 42.2 Å². The van der Waals surface area contributed by atoms with Gasteiger partial charge < -0.3 is 9.64 Å². The van der Waals surface area contributed by atoms with Crippen LogP contribution in [0.5, 0.6) is 0 Å². The monoisotopic (exact) mass is 433 g/mol. The van der Waals surface area contributed by atoms with E-state index in [1.807, 2.05) is 7.05 Å². The molecule has 1 aromatic carbocycles. The fraction of sp³-hybridized carbons (Fsp3) is 0.619. The zero-order valence-electron chi connectivity index (χ0n) is 17.6. The van der Waals surface area contributed by atoms with Crippen LogP contribution in [0.1, 0.15) is 43.6 Å². The Morgan fingerprint density at radius 1 is 1.13 bits per heavy atom. The van der Waals surface area contributed by atoms with E-state index in [9.17, 15) is 8.42 Å². The van der Waals surface area contributed by atoms with Gasteiger partial charge in [0.25, 0.3) is 0 Å². The Balaban J connectivity index is 1.38. The van der Waals surface area contributed by atoms with Crippen molar-refractivity contribution in [1.29, 1.82) is 0 Å². The van der Waals surface area contributed by atoms with E-state index < -0.39 is 10.0 Å². The van der Waals surface area contributed by atoms with Crippen molar-refractivity contribution in [1.82, 2.24) is 19.5 Å². The predicted octanol–water partition coefficient (Wildman–Crippen LogP) is 2.05. The average Bonchev–Trinajstić information content (AvgIpc) is 3.31. The Hall–Kier alpha value is -1.97. The number of sulfonamides is 1. The number of aryl methyl sites for hydroxylation is 1. The summed E-state index contributed by atoms with van der Waals surface area (Å²) in [6, 6.07) is 10.4. The van der Waals surface area contributed by atoms with Crippen molar-refractivity contribution in [3.63, 3.8) is 0 Å². The van der Waals surface area contributed by atoms with Crippen molar-refractivity contribution in [2.75, 3.05) is 24.3 Å². The molecule has 1 N–H and O–H groups in total. The molecule has 1 saturated heterocycles. The standard InChI is InChI=1S/C21H31N5O3S/c1-25-21(22-15-23-25)26-13-12-19(24-30(2,27)28)20(26)14-29-18-10-8-17(9-11-18)16-6-4-3-5-7-16/h3-7,15,17-20,24H,8-14H2,1-2H3/t17-,18+,19-,20-/m0/s1. The predicted molar refractivity (Wildman–Crippen MR) is 116 cm³/mol. The second-order valence-corrected chi connectivity index (χ2v) is 10.2. The van der Waals surface area contributed by atoms with Gasteiger partial charge in [-0.05, 0) is 43.6 Å². The SMILES string of the molecule is Cn1ncnc1N1CC[C@H](NS(C)(=O)=O)[C@@H]1CO[C@H]1CC[C@@H](c2ccccc2)CC1. The largest absolute Gasteiger partial charge is 0.376 e. The lowest BCUT2D eigenvalue weighted by Crippen LogP contribution is -2.48. The van der Waals surface area contributed by atoms with Crippen molar-refractivity contribution in [3.8, 4) is 0 Å². The molecule has 9 heteroatoms. The number of hydrogen-bond acceptors (Lipinski definition) is 6. The number of benzene rings is 1. The van der Waals surface area contributed by atoms with E-state index in [1.165, 1.54) is 18.1 Å². The number of rotatable bonds is 7. The summed E-state index contributed by atoms with van der Waals surface area (Å²) in [6.45, 7) is 1.19. The van der Waals surface area contributed by atoms with Crippen LogP contribution < -0.4 is 9.62 Å². The van der Waals surface area contributed by atoms with Crippen molar-refractivity contribution in [2.45, 2.75) is 56.2 Å². The molecule has 2 fully saturated rings. The van der Waals surface area contributed by atoms with Crippen molar-refractivity contribution < 1.29 is 13.2 Å². The Morgan fingerprint density at radius 2 is 1.87 bits per heavy atom. The molecule has 164 valence electrons. The maximum atomic E-state index is 11.9. The number of nitrogens with zero attached hydrogens (tertiary/aromatic N) is 4. The van der Waals surface area contributed by atoms with E-state index in [0.717, 1.165) is 31.6 Å². The van der Waals surface area contributed by atoms with Crippen LogP contribution in [0.2, 0.25) is 0 Å². The normalized spacial score (nSPS) is 27.5. The van der Waals surface area contributed by atoms with Crippen LogP contribution in [0, 0.1) is 0 Å². The molecular formula is C21H31N5O3S. The smallest absolute Gasteiger partial charge is 0.223 e. The summed E-state index contributed by atoms with van der Waals surface area (Å²) < 4.78 is 34.6. The first kappa shape index (κ1) is 21.3. The summed E-state index contributed by atoms with van der Waals surface area (Å²) in [5, 5.41) is 4.17. The minimum absolute atomic E-state index is 0.102. The van der Waals surface area contributed by atoms with E-state index in [1.54, 1.807) is 4.68 Å². The van der Waals surface area contributed by atoms with Crippen LogP contribution in [0.15, 0.2) is 36.7 Å². The molecule has 8 nitrogen and oxygen atoms in total. The minimum atomic E-state index is -3.30. The van der Waals surface area contributed by atoms with E-state index in [2.05, 4.69) is 50.0 Å². The molecule has 4 rings (SSSR count). The second kappa shape index (κ2) is 9.03. The summed E-state index contributed by atoms with van der Waals surface area (Å²) in [5.41, 5.74) is 1.41. The van der Waals surface area contributed by atoms with Gasteiger partial charge in [0.1, 0.15) is 6.33 Å². The summed E-state index contributed by atoms with van der Waals surface area (Å²) in [7, 11) is -1.45. The van der Waals surface area contributed by atoms with E-state index in [-0.39, 0.29) is 18.2 Å². The lowest BCUT2D eigenvalue weighted by molar-refractivity contribution is 0.0155. The third-order valence-electron chi connectivity index (χ3n) is 6.30. The maximum absolute atomic E-state index is 11.9. The van der Waals surface area contributed by atoms with Gasteiger partial charge in [-0.25, -0.2) is 17.8 Å². The molecule has 1 aliphatic carbocycles. The van der Waals surface area contributed by atoms with E-state index in [4.69, 9.17) is 4.74 Å². The van der Waals surface area contributed by atoms with E-state index >= 15 is 0 Å². The molecule has 0 spiro atoms. The summed E-state index contributed by atoms with van der Waals surface area (Å²) in [4.78, 5) is 6.48. The molecule has 0 radical (unpaired) electrons. The highest BCUT2D eigenvalue weighted by molar-refractivity contribution is 7.88. The molecular weight excluding hydrogens is 402 g/mol. The number of hydrogen-bond donors (Lipinski definition) is 1. The van der Waals surface area contributed by atoms with Crippen LogP contribution in [0.25, 0.3) is 0 Å². The molecule has 0 unspecified atom stereocenters. The molecule has 2 aromatic rings. The minimum Gasteiger partial charge on any atom is -0.376 e. The molecule has 2 aliphatic rings. The average molecular weight is 434 g/mol. The van der Waals surface area contributed by atoms with Crippen LogP contribution in [0.3, 0.4) is 0 Å². The van der Waals surface area contributed by atoms with Gasteiger partial charge in [-0.1, -0.05) is 30.3 Å². The summed E-state index contributed by atoms with van der Waals surface area (Å²) in [5.74, 6) is 1.35. The van der Waals surface area contributed by atoms with Gasteiger partial charge in [0.15, 0.2) is 0 Å². The fourth-order valence-electron chi connectivity index (χ4n) is 4.79. The van der Waals surface area contributed by atoms with Gasteiger partial charge >= 0.3 is 0 Å². The maximum Gasteiger partial charge on any atom is 0.223 e. The lowest BCUT2D eigenvalue weighted by Gasteiger charge is -2.33. The molecule has 1 aromatic heterocycles. The Kier molecular flexibility index (Phi) is 6.40. The van der Waals surface area contributed by atoms with Crippen LogP contribution in [-0.2, 0) is 21.8 Å².